The van der Waals surface area contributed by atoms with Gasteiger partial charge in [0.05, 0.1) is 0 Å². The fraction of sp³-hybridized carbons (Fsp3) is 0.737. The Balaban J connectivity index is 1.30. The maximum absolute atomic E-state index is 12.8. The van der Waals surface area contributed by atoms with Gasteiger partial charge >= 0.3 is 0 Å². The molecule has 5 nitrogen and oxygen atoms in total. The van der Waals surface area contributed by atoms with E-state index < -0.39 is 10.0 Å². The van der Waals surface area contributed by atoms with E-state index >= 15 is 0 Å². The molecule has 1 aliphatic heterocycles. The molecule has 1 saturated heterocycles. The molecule has 3 atom stereocenters. The number of sulfonamides is 1. The van der Waals surface area contributed by atoms with E-state index in [1.807, 2.05) is 11.9 Å². The largest absolute Gasteiger partial charge is 0.345 e. The highest BCUT2D eigenvalue weighted by molar-refractivity contribution is 7.91. The maximum Gasteiger partial charge on any atom is 0.252 e. The van der Waals surface area contributed by atoms with E-state index in [1.165, 1.54) is 37.0 Å². The van der Waals surface area contributed by atoms with Crippen LogP contribution in [0.3, 0.4) is 0 Å². The molecule has 1 amide bonds. The minimum absolute atomic E-state index is 0.0339. The van der Waals surface area contributed by atoms with Crippen LogP contribution in [0.25, 0.3) is 0 Å². The Kier molecular flexibility index (Phi) is 5.14. The summed E-state index contributed by atoms with van der Waals surface area (Å²) >= 11 is 1.25. The van der Waals surface area contributed by atoms with Crippen LogP contribution in [-0.4, -0.2) is 50.2 Å². The molecular weight excluding hydrogens is 368 g/mol. The molecule has 4 rings (SSSR count). The summed E-state index contributed by atoms with van der Waals surface area (Å²) in [4.78, 5) is 14.8. The van der Waals surface area contributed by atoms with Crippen molar-refractivity contribution in [1.82, 2.24) is 9.21 Å². The van der Waals surface area contributed by atoms with Crippen LogP contribution in [0.4, 0.5) is 0 Å². The number of carbonyl (C=O) groups is 1. The Hall–Kier alpha value is -0.920. The van der Waals surface area contributed by atoms with Crippen molar-refractivity contribution in [2.24, 2.45) is 23.7 Å². The molecule has 2 aliphatic carbocycles. The smallest absolute Gasteiger partial charge is 0.252 e. The van der Waals surface area contributed by atoms with Gasteiger partial charge in [0.25, 0.3) is 10.0 Å². The molecule has 0 unspecified atom stereocenters. The molecule has 2 saturated carbocycles. The average molecular weight is 397 g/mol. The highest BCUT2D eigenvalue weighted by Crippen LogP contribution is 2.48. The molecule has 1 aromatic rings. The van der Waals surface area contributed by atoms with Gasteiger partial charge in [-0.05, 0) is 61.3 Å². The number of rotatable bonds is 5. The predicted octanol–water partition coefficient (Wildman–Crippen LogP) is 3.04. The Morgan fingerprint density at radius 3 is 2.58 bits per heavy atom. The summed E-state index contributed by atoms with van der Waals surface area (Å²) in [6.07, 6.45) is 6.65. The summed E-state index contributed by atoms with van der Waals surface area (Å²) in [5, 5.41) is 1.79. The first-order chi connectivity index (χ1) is 12.4. The van der Waals surface area contributed by atoms with E-state index in [1.54, 1.807) is 21.8 Å². The quantitative estimate of drug-likeness (QED) is 0.769. The molecule has 7 heteroatoms. The fourth-order valence-corrected chi connectivity index (χ4v) is 7.85. The number of amides is 1. The van der Waals surface area contributed by atoms with Crippen molar-refractivity contribution in [2.45, 2.75) is 42.7 Å². The second-order valence-electron chi connectivity index (χ2n) is 8.26. The van der Waals surface area contributed by atoms with Gasteiger partial charge in [-0.3, -0.25) is 4.79 Å². The normalized spacial score (nSPS) is 30.0. The summed E-state index contributed by atoms with van der Waals surface area (Å²) in [6.45, 7) is 1.77. The number of hydrogen-bond acceptors (Lipinski definition) is 4. The third kappa shape index (κ3) is 3.45. The van der Waals surface area contributed by atoms with Gasteiger partial charge in [-0.2, -0.15) is 4.31 Å². The minimum Gasteiger partial charge on any atom is -0.345 e. The molecule has 0 radical (unpaired) electrons. The summed E-state index contributed by atoms with van der Waals surface area (Å²) in [5.41, 5.74) is 0. The lowest BCUT2D eigenvalue weighted by molar-refractivity contribution is -0.136. The number of piperidine rings is 1. The molecule has 3 fully saturated rings. The number of fused-ring (bicyclic) bond motifs is 2. The molecule has 1 aromatic heterocycles. The number of carbonyl (C=O) groups excluding carboxylic acids is 1. The van der Waals surface area contributed by atoms with Crippen LogP contribution >= 0.6 is 11.3 Å². The fourth-order valence-electron chi connectivity index (χ4n) is 5.23. The molecule has 144 valence electrons. The van der Waals surface area contributed by atoms with Crippen molar-refractivity contribution in [2.75, 3.05) is 26.7 Å². The van der Waals surface area contributed by atoms with Gasteiger partial charge in [-0.1, -0.05) is 12.5 Å². The van der Waals surface area contributed by atoms with Crippen molar-refractivity contribution in [3.05, 3.63) is 17.5 Å². The van der Waals surface area contributed by atoms with E-state index in [4.69, 9.17) is 0 Å². The Morgan fingerprint density at radius 2 is 2.00 bits per heavy atom. The van der Waals surface area contributed by atoms with E-state index in [-0.39, 0.29) is 11.8 Å². The second-order valence-corrected chi connectivity index (χ2v) is 11.4. The monoisotopic (exact) mass is 396 g/mol. The summed E-state index contributed by atoms with van der Waals surface area (Å²) in [7, 11) is -1.45. The third-order valence-electron chi connectivity index (χ3n) is 6.66. The van der Waals surface area contributed by atoms with Crippen LogP contribution in [0.1, 0.15) is 38.5 Å². The first-order valence-corrected chi connectivity index (χ1v) is 12.1. The van der Waals surface area contributed by atoms with Crippen LogP contribution in [0.15, 0.2) is 21.7 Å². The summed E-state index contributed by atoms with van der Waals surface area (Å²) in [6, 6.07) is 3.42. The molecule has 2 bridgehead atoms. The van der Waals surface area contributed by atoms with Crippen LogP contribution in [0.5, 0.6) is 0 Å². The Labute approximate surface area is 160 Å². The van der Waals surface area contributed by atoms with E-state index in [2.05, 4.69) is 0 Å². The minimum atomic E-state index is -3.39. The van der Waals surface area contributed by atoms with Gasteiger partial charge in [0, 0.05) is 32.6 Å². The first-order valence-electron chi connectivity index (χ1n) is 9.74. The van der Waals surface area contributed by atoms with Gasteiger partial charge in [-0.15, -0.1) is 11.3 Å². The number of nitrogens with zero attached hydrogens (tertiary/aromatic N) is 2. The SMILES string of the molecule is CN(C[C@H]1C[C@@H]2CC[C@H]1C2)C(=O)C1CCN(S(=O)(=O)c2cccs2)CC1. The molecular formula is C19H28N2O3S2. The zero-order chi connectivity index (χ0) is 18.3. The lowest BCUT2D eigenvalue weighted by Crippen LogP contribution is -2.44. The van der Waals surface area contributed by atoms with Crippen molar-refractivity contribution in [3.8, 4) is 0 Å². The zero-order valence-electron chi connectivity index (χ0n) is 15.3. The molecule has 0 N–H and O–H groups in total. The lowest BCUT2D eigenvalue weighted by Gasteiger charge is -2.34. The van der Waals surface area contributed by atoms with Crippen LogP contribution in [0.2, 0.25) is 0 Å². The highest BCUT2D eigenvalue weighted by Gasteiger charge is 2.41. The van der Waals surface area contributed by atoms with Crippen LogP contribution in [-0.2, 0) is 14.8 Å². The molecule has 26 heavy (non-hydrogen) atoms. The summed E-state index contributed by atoms with van der Waals surface area (Å²) in [5.74, 6) is 2.59. The summed E-state index contributed by atoms with van der Waals surface area (Å²) < 4.78 is 27.1. The van der Waals surface area contributed by atoms with Gasteiger partial charge in [0.2, 0.25) is 5.91 Å². The zero-order valence-corrected chi connectivity index (χ0v) is 17.0. The van der Waals surface area contributed by atoms with Crippen LogP contribution in [0, 0.1) is 23.7 Å². The topological polar surface area (TPSA) is 57.7 Å². The lowest BCUT2D eigenvalue weighted by atomic mass is 9.88. The average Bonchev–Trinajstić information content (AvgIpc) is 3.39. The predicted molar refractivity (Wildman–Crippen MR) is 102 cm³/mol. The number of hydrogen-bond donors (Lipinski definition) is 0. The van der Waals surface area contributed by atoms with E-state index in [0.29, 0.717) is 36.1 Å². The van der Waals surface area contributed by atoms with Crippen molar-refractivity contribution < 1.29 is 13.2 Å². The van der Waals surface area contributed by atoms with Gasteiger partial charge in [0.15, 0.2) is 0 Å². The van der Waals surface area contributed by atoms with Crippen molar-refractivity contribution in [3.63, 3.8) is 0 Å². The molecule has 2 heterocycles. The first kappa shape index (κ1) is 18.4. The standard InChI is InChI=1S/C19H28N2O3S2/c1-20(13-17-12-14-4-5-16(17)11-14)19(22)15-6-8-21(9-7-15)26(23,24)18-3-2-10-25-18/h2-3,10,14-17H,4-9,11-13H2,1H3/t14-,16+,17-/m1/s1. The molecule has 3 aliphatic rings. The second kappa shape index (κ2) is 7.24. The van der Waals surface area contributed by atoms with Gasteiger partial charge < -0.3 is 4.90 Å². The van der Waals surface area contributed by atoms with Gasteiger partial charge in [0.1, 0.15) is 4.21 Å². The number of thiophene rings is 1. The van der Waals surface area contributed by atoms with Crippen molar-refractivity contribution in [1.29, 1.82) is 0 Å². The van der Waals surface area contributed by atoms with E-state index in [9.17, 15) is 13.2 Å². The van der Waals surface area contributed by atoms with E-state index in [0.717, 1.165) is 18.4 Å². The van der Waals surface area contributed by atoms with Crippen molar-refractivity contribution >= 4 is 27.3 Å². The Morgan fingerprint density at radius 1 is 1.23 bits per heavy atom. The molecule has 0 spiro atoms. The maximum atomic E-state index is 12.8. The third-order valence-corrected chi connectivity index (χ3v) is 9.93. The van der Waals surface area contributed by atoms with Crippen LogP contribution < -0.4 is 0 Å². The molecule has 0 aromatic carbocycles. The Bertz CT molecular complexity index is 739. The van der Waals surface area contributed by atoms with Gasteiger partial charge in [-0.25, -0.2) is 8.42 Å². The highest BCUT2D eigenvalue weighted by atomic mass is 32.2.